The smallest absolute Gasteiger partial charge is 0.220 e. The van der Waals surface area contributed by atoms with Crippen LogP contribution < -0.4 is 5.32 Å². The van der Waals surface area contributed by atoms with Crippen LogP contribution in [0.15, 0.2) is 48.6 Å². The fraction of sp³-hybridized carbons (Fsp3) is 0.800. The summed E-state index contributed by atoms with van der Waals surface area (Å²) < 4.78 is 11.1. The van der Waals surface area contributed by atoms with Gasteiger partial charge in [0, 0.05) is 6.42 Å². The van der Waals surface area contributed by atoms with Crippen LogP contribution >= 0.6 is 0 Å². The molecule has 7 unspecified atom stereocenters. The van der Waals surface area contributed by atoms with E-state index in [4.69, 9.17) is 9.47 Å². The summed E-state index contributed by atoms with van der Waals surface area (Å²) in [7, 11) is 0. The SMILES string of the molecule is C/C=C/CC/C=C/CC/C=C/C(O)C(COC1OC(CO)C(O)C(O)C1O)NC(=O)CCCCCCCCC/C=C\CCCCCCCCCCCCC. The van der Waals surface area contributed by atoms with Gasteiger partial charge in [0.25, 0.3) is 0 Å². The second-order valence-corrected chi connectivity index (χ2v) is 15.1. The van der Waals surface area contributed by atoms with Crippen LogP contribution in [0.2, 0.25) is 0 Å². The Morgan fingerprint density at radius 1 is 0.648 bits per heavy atom. The molecule has 314 valence electrons. The fourth-order valence-electron chi connectivity index (χ4n) is 6.66. The summed E-state index contributed by atoms with van der Waals surface area (Å²) in [5.41, 5.74) is 0. The normalized spacial score (nSPS) is 21.9. The summed E-state index contributed by atoms with van der Waals surface area (Å²) >= 11 is 0. The maximum Gasteiger partial charge on any atom is 0.220 e. The molecule has 0 saturated carbocycles. The highest BCUT2D eigenvalue weighted by molar-refractivity contribution is 5.76. The van der Waals surface area contributed by atoms with Crippen molar-refractivity contribution in [2.75, 3.05) is 13.2 Å². The molecule has 0 aromatic heterocycles. The van der Waals surface area contributed by atoms with Gasteiger partial charge in [0.05, 0.1) is 25.4 Å². The van der Waals surface area contributed by atoms with Crippen LogP contribution in [0.5, 0.6) is 0 Å². The number of amides is 1. The lowest BCUT2D eigenvalue weighted by Gasteiger charge is -2.40. The first kappa shape index (κ1) is 50.2. The van der Waals surface area contributed by atoms with Crippen LogP contribution in [-0.2, 0) is 14.3 Å². The summed E-state index contributed by atoms with van der Waals surface area (Å²) in [4.78, 5) is 12.9. The first-order valence-corrected chi connectivity index (χ1v) is 21.8. The quantitative estimate of drug-likeness (QED) is 0.0278. The molecule has 1 aliphatic heterocycles. The number of carbonyl (C=O) groups is 1. The molecule has 7 atom stereocenters. The number of allylic oxidation sites excluding steroid dienone is 7. The minimum Gasteiger partial charge on any atom is -0.394 e. The van der Waals surface area contributed by atoms with E-state index in [9.17, 15) is 30.3 Å². The molecule has 0 aromatic rings. The molecular formula is C45H81NO8. The van der Waals surface area contributed by atoms with E-state index in [1.54, 1.807) is 6.08 Å². The molecule has 1 rings (SSSR count). The predicted molar refractivity (Wildman–Crippen MR) is 221 cm³/mol. The van der Waals surface area contributed by atoms with E-state index in [-0.39, 0.29) is 12.5 Å². The van der Waals surface area contributed by atoms with Gasteiger partial charge in [-0.1, -0.05) is 152 Å². The average Bonchev–Trinajstić information content (AvgIpc) is 3.17. The molecule has 9 nitrogen and oxygen atoms in total. The van der Waals surface area contributed by atoms with Crippen LogP contribution in [0.4, 0.5) is 0 Å². The number of nitrogens with one attached hydrogen (secondary N) is 1. The summed E-state index contributed by atoms with van der Waals surface area (Å²) in [6.45, 7) is 3.50. The van der Waals surface area contributed by atoms with E-state index < -0.39 is 49.5 Å². The summed E-state index contributed by atoms with van der Waals surface area (Å²) in [5.74, 6) is -0.200. The van der Waals surface area contributed by atoms with Crippen LogP contribution in [0.3, 0.4) is 0 Å². The molecule has 1 heterocycles. The van der Waals surface area contributed by atoms with Gasteiger partial charge in [-0.15, -0.1) is 0 Å². The van der Waals surface area contributed by atoms with Crippen LogP contribution in [-0.4, -0.2) is 87.5 Å². The van der Waals surface area contributed by atoms with Crippen molar-refractivity contribution in [3.8, 4) is 0 Å². The molecule has 54 heavy (non-hydrogen) atoms. The second kappa shape index (κ2) is 35.6. The van der Waals surface area contributed by atoms with Gasteiger partial charge in [-0.3, -0.25) is 4.79 Å². The van der Waals surface area contributed by atoms with Gasteiger partial charge in [-0.2, -0.15) is 0 Å². The third kappa shape index (κ3) is 26.1. The van der Waals surface area contributed by atoms with E-state index in [2.05, 4.69) is 42.6 Å². The summed E-state index contributed by atoms with van der Waals surface area (Å²) in [6.07, 6.45) is 37.6. The Morgan fingerprint density at radius 3 is 1.67 bits per heavy atom. The highest BCUT2D eigenvalue weighted by atomic mass is 16.7. The van der Waals surface area contributed by atoms with Gasteiger partial charge < -0.3 is 40.3 Å². The van der Waals surface area contributed by atoms with Crippen molar-refractivity contribution < 1.29 is 39.8 Å². The molecule has 1 saturated heterocycles. The Hall–Kier alpha value is -1.85. The van der Waals surface area contributed by atoms with Crippen molar-refractivity contribution in [1.82, 2.24) is 5.32 Å². The molecule has 0 radical (unpaired) electrons. The minimum absolute atomic E-state index is 0.200. The number of unbranched alkanes of at least 4 members (excludes halogenated alkanes) is 20. The second-order valence-electron chi connectivity index (χ2n) is 15.1. The monoisotopic (exact) mass is 764 g/mol. The maximum absolute atomic E-state index is 12.9. The largest absolute Gasteiger partial charge is 0.394 e. The van der Waals surface area contributed by atoms with E-state index in [0.717, 1.165) is 57.8 Å². The topological polar surface area (TPSA) is 149 Å². The van der Waals surface area contributed by atoms with E-state index in [0.29, 0.717) is 6.42 Å². The number of aliphatic hydroxyl groups is 5. The van der Waals surface area contributed by atoms with Gasteiger partial charge >= 0.3 is 0 Å². The van der Waals surface area contributed by atoms with Crippen LogP contribution in [0, 0.1) is 0 Å². The Balaban J connectivity index is 2.29. The lowest BCUT2D eigenvalue weighted by Crippen LogP contribution is -2.60. The average molecular weight is 764 g/mol. The van der Waals surface area contributed by atoms with Gasteiger partial charge in [0.1, 0.15) is 24.4 Å². The highest BCUT2D eigenvalue weighted by Gasteiger charge is 2.44. The molecule has 1 aliphatic rings. The summed E-state index contributed by atoms with van der Waals surface area (Å²) in [6, 6.07) is -0.828. The van der Waals surface area contributed by atoms with Crippen molar-refractivity contribution in [3.63, 3.8) is 0 Å². The molecular weight excluding hydrogens is 682 g/mol. The van der Waals surface area contributed by atoms with Crippen molar-refractivity contribution in [2.24, 2.45) is 0 Å². The van der Waals surface area contributed by atoms with E-state index >= 15 is 0 Å². The Morgan fingerprint density at radius 2 is 1.13 bits per heavy atom. The van der Waals surface area contributed by atoms with Gasteiger partial charge in [-0.05, 0) is 64.7 Å². The van der Waals surface area contributed by atoms with Gasteiger partial charge in [0.2, 0.25) is 5.91 Å². The number of hydrogen-bond acceptors (Lipinski definition) is 8. The van der Waals surface area contributed by atoms with E-state index in [1.807, 2.05) is 19.1 Å². The minimum atomic E-state index is -1.57. The van der Waals surface area contributed by atoms with Crippen molar-refractivity contribution in [3.05, 3.63) is 48.6 Å². The maximum atomic E-state index is 12.9. The molecule has 9 heteroatoms. The zero-order chi connectivity index (χ0) is 39.5. The number of rotatable bonds is 35. The third-order valence-corrected chi connectivity index (χ3v) is 10.2. The number of aliphatic hydroxyl groups excluding tert-OH is 5. The Bertz CT molecular complexity index is 983. The fourth-order valence-corrected chi connectivity index (χ4v) is 6.66. The molecule has 1 amide bonds. The number of ether oxygens (including phenoxy) is 2. The van der Waals surface area contributed by atoms with Crippen molar-refractivity contribution in [2.45, 2.75) is 217 Å². The Kier molecular flexibility index (Phi) is 33.0. The number of hydrogen-bond donors (Lipinski definition) is 6. The van der Waals surface area contributed by atoms with Gasteiger partial charge in [0.15, 0.2) is 6.29 Å². The van der Waals surface area contributed by atoms with Gasteiger partial charge in [-0.25, -0.2) is 0 Å². The zero-order valence-electron chi connectivity index (χ0n) is 34.2. The van der Waals surface area contributed by atoms with Crippen molar-refractivity contribution in [1.29, 1.82) is 0 Å². The molecule has 0 aliphatic carbocycles. The molecule has 0 bridgehead atoms. The molecule has 0 aromatic carbocycles. The van der Waals surface area contributed by atoms with Crippen LogP contribution in [0.25, 0.3) is 0 Å². The summed E-state index contributed by atoms with van der Waals surface area (Å²) in [5, 5.41) is 53.9. The standard InChI is InChI=1S/C45H81NO8/c1-3-5-7-9-11-13-14-15-16-17-18-19-20-21-22-23-24-25-27-29-31-33-35-41(49)46-38(39(48)34-32-30-28-26-12-10-8-6-4-2)37-53-45-44(52)43(51)42(50)40(36-47)54-45/h4,6,12,20-21,26,32,34,38-40,42-45,47-48,50-52H,3,5,7-11,13-19,22-25,27-31,33,35-37H2,1-2H3,(H,46,49)/b6-4+,21-20-,26-12+,34-32+. The first-order valence-electron chi connectivity index (χ1n) is 21.8. The predicted octanol–water partition coefficient (Wildman–Crippen LogP) is 8.67. The van der Waals surface area contributed by atoms with Crippen molar-refractivity contribution >= 4 is 5.91 Å². The first-order chi connectivity index (χ1) is 26.3. The Labute approximate surface area is 329 Å². The molecule has 1 fully saturated rings. The highest BCUT2D eigenvalue weighted by Crippen LogP contribution is 2.22. The lowest BCUT2D eigenvalue weighted by molar-refractivity contribution is -0.302. The third-order valence-electron chi connectivity index (χ3n) is 10.2. The zero-order valence-corrected chi connectivity index (χ0v) is 34.2. The molecule has 0 spiro atoms. The number of carbonyl (C=O) groups excluding carboxylic acids is 1. The lowest BCUT2D eigenvalue weighted by atomic mass is 9.99. The molecule has 6 N–H and O–H groups in total. The van der Waals surface area contributed by atoms with E-state index in [1.165, 1.54) is 96.3 Å². The van der Waals surface area contributed by atoms with Crippen LogP contribution in [0.1, 0.15) is 174 Å².